The molecule has 0 radical (unpaired) electrons. The lowest BCUT2D eigenvalue weighted by Crippen LogP contribution is -2.20. The van der Waals surface area contributed by atoms with E-state index in [2.05, 4.69) is 5.32 Å². The zero-order valence-corrected chi connectivity index (χ0v) is 9.12. The van der Waals surface area contributed by atoms with Gasteiger partial charge in [0.25, 0.3) is 0 Å². The van der Waals surface area contributed by atoms with Crippen molar-refractivity contribution in [2.24, 2.45) is 5.92 Å². The van der Waals surface area contributed by atoms with Gasteiger partial charge in [-0.2, -0.15) is 0 Å². The Morgan fingerprint density at radius 1 is 1.27 bits per heavy atom. The van der Waals surface area contributed by atoms with Crippen LogP contribution in [0.4, 0.5) is 5.69 Å². The number of hydrogen-bond donors (Lipinski definition) is 1. The number of hydrogen-bond acceptors (Lipinski definition) is 1. The highest BCUT2D eigenvalue weighted by atomic mass is 16.1. The van der Waals surface area contributed by atoms with Crippen molar-refractivity contribution < 1.29 is 4.79 Å². The maximum Gasteiger partial charge on any atom is 0.227 e. The summed E-state index contributed by atoms with van der Waals surface area (Å²) in [5.41, 5.74) is 2.08. The summed E-state index contributed by atoms with van der Waals surface area (Å²) in [6.45, 7) is 2.02. The molecular weight excluding hydrogens is 186 g/mol. The Balaban J connectivity index is 2.02. The summed E-state index contributed by atoms with van der Waals surface area (Å²) in [6, 6.07) is 7.92. The molecule has 1 aliphatic carbocycles. The third-order valence-electron chi connectivity index (χ3n) is 3.13. The number of nitrogens with one attached hydrogen (secondary N) is 1. The zero-order valence-electron chi connectivity index (χ0n) is 9.12. The molecule has 1 aliphatic rings. The van der Waals surface area contributed by atoms with Crippen molar-refractivity contribution in [1.82, 2.24) is 0 Å². The molecule has 1 fully saturated rings. The number of rotatable bonds is 2. The van der Waals surface area contributed by atoms with Gasteiger partial charge in [0.2, 0.25) is 5.91 Å². The van der Waals surface area contributed by atoms with Gasteiger partial charge in [0.15, 0.2) is 0 Å². The van der Waals surface area contributed by atoms with E-state index in [-0.39, 0.29) is 11.8 Å². The Bertz CT molecular complexity index is 353. The number of carbonyl (C=O) groups excluding carboxylic acids is 1. The molecule has 0 unspecified atom stereocenters. The van der Waals surface area contributed by atoms with E-state index in [1.807, 2.05) is 31.2 Å². The van der Waals surface area contributed by atoms with E-state index in [1.54, 1.807) is 0 Å². The van der Waals surface area contributed by atoms with E-state index in [0.29, 0.717) is 0 Å². The van der Waals surface area contributed by atoms with Crippen molar-refractivity contribution in [3.8, 4) is 0 Å². The Morgan fingerprint density at radius 3 is 2.60 bits per heavy atom. The summed E-state index contributed by atoms with van der Waals surface area (Å²) in [5, 5.41) is 3.01. The largest absolute Gasteiger partial charge is 0.326 e. The minimum absolute atomic E-state index is 0.196. The minimum atomic E-state index is 0.196. The monoisotopic (exact) mass is 203 g/mol. The fourth-order valence-electron chi connectivity index (χ4n) is 2.14. The van der Waals surface area contributed by atoms with Crippen LogP contribution in [0.3, 0.4) is 0 Å². The van der Waals surface area contributed by atoms with E-state index in [0.717, 1.165) is 24.1 Å². The summed E-state index contributed by atoms with van der Waals surface area (Å²) in [6.07, 6.45) is 4.51. The second kappa shape index (κ2) is 4.47. The molecule has 1 N–H and O–H groups in total. The maximum atomic E-state index is 11.9. The Hall–Kier alpha value is -1.31. The van der Waals surface area contributed by atoms with Crippen molar-refractivity contribution in [2.75, 3.05) is 5.32 Å². The summed E-state index contributed by atoms with van der Waals surface area (Å²) in [7, 11) is 0. The van der Waals surface area contributed by atoms with Gasteiger partial charge in [0, 0.05) is 11.6 Å². The van der Waals surface area contributed by atoms with Gasteiger partial charge >= 0.3 is 0 Å². The van der Waals surface area contributed by atoms with Crippen LogP contribution in [0.5, 0.6) is 0 Å². The number of para-hydroxylation sites is 1. The van der Waals surface area contributed by atoms with Crippen LogP contribution in [-0.2, 0) is 4.79 Å². The Kier molecular flexibility index (Phi) is 3.05. The summed E-state index contributed by atoms with van der Waals surface area (Å²) >= 11 is 0. The van der Waals surface area contributed by atoms with Crippen LogP contribution in [0, 0.1) is 12.8 Å². The fraction of sp³-hybridized carbons (Fsp3) is 0.462. The molecule has 0 heterocycles. The van der Waals surface area contributed by atoms with Gasteiger partial charge in [-0.3, -0.25) is 4.79 Å². The highest BCUT2D eigenvalue weighted by Gasteiger charge is 2.22. The predicted octanol–water partition coefficient (Wildman–Crippen LogP) is 3.12. The van der Waals surface area contributed by atoms with Crippen molar-refractivity contribution in [1.29, 1.82) is 0 Å². The second-order valence-corrected chi connectivity index (χ2v) is 4.29. The topological polar surface area (TPSA) is 29.1 Å². The Morgan fingerprint density at radius 2 is 1.93 bits per heavy atom. The van der Waals surface area contributed by atoms with Gasteiger partial charge in [-0.1, -0.05) is 31.0 Å². The van der Waals surface area contributed by atoms with Gasteiger partial charge in [0.05, 0.1) is 0 Å². The first kappa shape index (κ1) is 10.2. The number of aryl methyl sites for hydroxylation is 1. The normalized spacial score (nSPS) is 16.6. The molecule has 0 bridgehead atoms. The lowest BCUT2D eigenvalue weighted by molar-refractivity contribution is -0.119. The van der Waals surface area contributed by atoms with Crippen LogP contribution in [0.1, 0.15) is 31.2 Å². The lowest BCUT2D eigenvalue weighted by Gasteiger charge is -2.11. The molecule has 1 saturated carbocycles. The molecule has 0 aromatic heterocycles. The molecule has 0 saturated heterocycles. The quantitative estimate of drug-likeness (QED) is 0.786. The molecule has 15 heavy (non-hydrogen) atoms. The number of amides is 1. The van der Waals surface area contributed by atoms with Crippen molar-refractivity contribution in [2.45, 2.75) is 32.6 Å². The summed E-state index contributed by atoms with van der Waals surface area (Å²) < 4.78 is 0. The molecule has 80 valence electrons. The van der Waals surface area contributed by atoms with Gasteiger partial charge in [-0.15, -0.1) is 0 Å². The first-order valence-corrected chi connectivity index (χ1v) is 5.64. The lowest BCUT2D eigenvalue weighted by atomic mass is 10.1. The molecule has 1 aromatic rings. The van der Waals surface area contributed by atoms with Crippen LogP contribution in [0.25, 0.3) is 0 Å². The summed E-state index contributed by atoms with van der Waals surface area (Å²) in [4.78, 5) is 11.9. The SMILES string of the molecule is Cc1ccccc1NC(=O)C1CCCC1. The molecule has 1 aromatic carbocycles. The van der Waals surface area contributed by atoms with E-state index in [9.17, 15) is 4.79 Å². The van der Waals surface area contributed by atoms with E-state index < -0.39 is 0 Å². The number of benzene rings is 1. The van der Waals surface area contributed by atoms with Crippen LogP contribution in [-0.4, -0.2) is 5.91 Å². The third kappa shape index (κ3) is 2.38. The molecule has 0 atom stereocenters. The fourth-order valence-corrected chi connectivity index (χ4v) is 2.14. The predicted molar refractivity (Wildman–Crippen MR) is 61.8 cm³/mol. The molecule has 2 nitrogen and oxygen atoms in total. The first-order chi connectivity index (χ1) is 7.27. The van der Waals surface area contributed by atoms with Crippen LogP contribution >= 0.6 is 0 Å². The minimum Gasteiger partial charge on any atom is -0.326 e. The highest BCUT2D eigenvalue weighted by molar-refractivity contribution is 5.93. The number of carbonyl (C=O) groups is 1. The van der Waals surface area contributed by atoms with Gasteiger partial charge in [-0.25, -0.2) is 0 Å². The smallest absolute Gasteiger partial charge is 0.227 e. The van der Waals surface area contributed by atoms with Crippen LogP contribution < -0.4 is 5.32 Å². The van der Waals surface area contributed by atoms with E-state index >= 15 is 0 Å². The third-order valence-corrected chi connectivity index (χ3v) is 3.13. The second-order valence-electron chi connectivity index (χ2n) is 4.29. The zero-order chi connectivity index (χ0) is 10.7. The van der Waals surface area contributed by atoms with E-state index in [4.69, 9.17) is 0 Å². The first-order valence-electron chi connectivity index (χ1n) is 5.64. The van der Waals surface area contributed by atoms with Gasteiger partial charge in [0.1, 0.15) is 0 Å². The van der Waals surface area contributed by atoms with Crippen molar-refractivity contribution >= 4 is 11.6 Å². The van der Waals surface area contributed by atoms with Crippen LogP contribution in [0.15, 0.2) is 24.3 Å². The average Bonchev–Trinajstić information content (AvgIpc) is 2.74. The summed E-state index contributed by atoms with van der Waals surface area (Å²) in [5.74, 6) is 0.436. The molecule has 2 heteroatoms. The molecule has 2 rings (SSSR count). The number of anilines is 1. The van der Waals surface area contributed by atoms with E-state index in [1.165, 1.54) is 12.8 Å². The molecule has 0 aliphatic heterocycles. The maximum absolute atomic E-state index is 11.9. The highest BCUT2D eigenvalue weighted by Crippen LogP contribution is 2.26. The standard InChI is InChI=1S/C13H17NO/c1-10-6-2-5-9-12(10)14-13(15)11-7-3-4-8-11/h2,5-6,9,11H,3-4,7-8H2,1H3,(H,14,15). The van der Waals surface area contributed by atoms with Crippen molar-refractivity contribution in [3.63, 3.8) is 0 Å². The average molecular weight is 203 g/mol. The van der Waals surface area contributed by atoms with Gasteiger partial charge in [-0.05, 0) is 31.4 Å². The van der Waals surface area contributed by atoms with Crippen LogP contribution in [0.2, 0.25) is 0 Å². The molecular formula is C13H17NO. The van der Waals surface area contributed by atoms with Crippen molar-refractivity contribution in [3.05, 3.63) is 29.8 Å². The van der Waals surface area contributed by atoms with Gasteiger partial charge < -0.3 is 5.32 Å². The molecule has 1 amide bonds. The molecule has 0 spiro atoms. The Labute approximate surface area is 90.7 Å².